The zero-order valence-corrected chi connectivity index (χ0v) is 17.1. The minimum Gasteiger partial charge on any atom is -0.337 e. The SMILES string of the molecule is Cc1cc(C(=O)N(CCN)CCc2ccccc2)cc(S(N)(=O)=O)c1C.Cl. The van der Waals surface area contributed by atoms with E-state index in [1.165, 1.54) is 6.07 Å². The Hall–Kier alpha value is -1.93. The van der Waals surface area contributed by atoms with Crippen LogP contribution in [0.15, 0.2) is 47.4 Å². The molecule has 27 heavy (non-hydrogen) atoms. The van der Waals surface area contributed by atoms with Gasteiger partial charge in [-0.3, -0.25) is 4.79 Å². The van der Waals surface area contributed by atoms with Gasteiger partial charge in [-0.1, -0.05) is 30.3 Å². The van der Waals surface area contributed by atoms with Crippen molar-refractivity contribution in [2.45, 2.75) is 25.2 Å². The first-order chi connectivity index (χ1) is 12.2. The molecule has 4 N–H and O–H groups in total. The second-order valence-electron chi connectivity index (χ2n) is 6.28. The number of rotatable bonds is 7. The number of primary sulfonamides is 1. The number of halogens is 1. The number of carbonyl (C=O) groups excluding carboxylic acids is 1. The monoisotopic (exact) mass is 411 g/mol. The first kappa shape index (κ1) is 23.1. The Morgan fingerprint density at radius 1 is 1.07 bits per heavy atom. The van der Waals surface area contributed by atoms with Crippen molar-refractivity contribution in [2.24, 2.45) is 10.9 Å². The number of benzene rings is 2. The lowest BCUT2D eigenvalue weighted by Crippen LogP contribution is -2.37. The molecule has 2 aromatic carbocycles. The molecule has 6 nitrogen and oxygen atoms in total. The normalized spacial score (nSPS) is 11.0. The molecule has 148 valence electrons. The summed E-state index contributed by atoms with van der Waals surface area (Å²) in [6, 6.07) is 12.9. The molecule has 0 saturated carbocycles. The summed E-state index contributed by atoms with van der Waals surface area (Å²) < 4.78 is 23.6. The smallest absolute Gasteiger partial charge is 0.253 e. The van der Waals surface area contributed by atoms with Crippen LogP contribution < -0.4 is 10.9 Å². The van der Waals surface area contributed by atoms with Crippen molar-refractivity contribution in [3.63, 3.8) is 0 Å². The minimum absolute atomic E-state index is 0. The Morgan fingerprint density at radius 2 is 1.70 bits per heavy atom. The maximum Gasteiger partial charge on any atom is 0.253 e. The van der Waals surface area contributed by atoms with Crippen molar-refractivity contribution in [1.29, 1.82) is 0 Å². The summed E-state index contributed by atoms with van der Waals surface area (Å²) in [6.45, 7) is 4.66. The molecule has 0 atom stereocenters. The molecule has 0 radical (unpaired) electrons. The summed E-state index contributed by atoms with van der Waals surface area (Å²) in [6.07, 6.45) is 0.694. The lowest BCUT2D eigenvalue weighted by molar-refractivity contribution is 0.0761. The Bertz CT molecular complexity index is 887. The van der Waals surface area contributed by atoms with Gasteiger partial charge in [0.25, 0.3) is 5.91 Å². The van der Waals surface area contributed by atoms with Gasteiger partial charge in [-0.25, -0.2) is 13.6 Å². The van der Waals surface area contributed by atoms with Crippen LogP contribution in [0.25, 0.3) is 0 Å². The van der Waals surface area contributed by atoms with E-state index in [0.717, 1.165) is 5.56 Å². The van der Waals surface area contributed by atoms with Crippen LogP contribution in [0.3, 0.4) is 0 Å². The Labute approximate surface area is 167 Å². The molecule has 0 bridgehead atoms. The molecule has 0 fully saturated rings. The molecule has 1 amide bonds. The zero-order valence-electron chi connectivity index (χ0n) is 15.5. The largest absolute Gasteiger partial charge is 0.337 e. The maximum atomic E-state index is 12.9. The van der Waals surface area contributed by atoms with Crippen LogP contribution in [0.2, 0.25) is 0 Å². The number of sulfonamides is 1. The van der Waals surface area contributed by atoms with Gasteiger partial charge in [0.2, 0.25) is 10.0 Å². The van der Waals surface area contributed by atoms with Crippen molar-refractivity contribution in [3.05, 3.63) is 64.7 Å². The number of amides is 1. The molecular formula is C19H26ClN3O3S. The van der Waals surface area contributed by atoms with Gasteiger partial charge < -0.3 is 10.6 Å². The van der Waals surface area contributed by atoms with E-state index < -0.39 is 10.0 Å². The van der Waals surface area contributed by atoms with E-state index in [-0.39, 0.29) is 23.2 Å². The van der Waals surface area contributed by atoms with Gasteiger partial charge in [0, 0.05) is 25.2 Å². The molecule has 8 heteroatoms. The fraction of sp³-hybridized carbons (Fsp3) is 0.316. The lowest BCUT2D eigenvalue weighted by atomic mass is 10.0. The summed E-state index contributed by atoms with van der Waals surface area (Å²) in [7, 11) is -3.90. The molecule has 0 aliphatic carbocycles. The Balaban J connectivity index is 0.00000364. The second kappa shape index (κ2) is 9.85. The molecule has 0 unspecified atom stereocenters. The first-order valence-electron chi connectivity index (χ1n) is 8.41. The average molecular weight is 412 g/mol. The predicted octanol–water partition coefficient (Wildman–Crippen LogP) is 2.02. The molecule has 0 aliphatic heterocycles. The standard InChI is InChI=1S/C19H25N3O3S.ClH/c1-14-12-17(13-18(15(14)2)26(21,24)25)19(23)22(11-9-20)10-8-16-6-4-3-5-7-16;/h3-7,12-13H,8-11,20H2,1-2H3,(H2,21,24,25);1H. The van der Waals surface area contributed by atoms with Crippen LogP contribution in [0.1, 0.15) is 27.0 Å². The third-order valence-corrected chi connectivity index (χ3v) is 5.41. The van der Waals surface area contributed by atoms with Crippen molar-refractivity contribution >= 4 is 28.3 Å². The van der Waals surface area contributed by atoms with E-state index in [1.54, 1.807) is 24.8 Å². The highest BCUT2D eigenvalue weighted by atomic mass is 35.5. The van der Waals surface area contributed by atoms with Crippen LogP contribution in [0, 0.1) is 13.8 Å². The van der Waals surface area contributed by atoms with Crippen molar-refractivity contribution in [2.75, 3.05) is 19.6 Å². The number of nitrogens with two attached hydrogens (primary N) is 2. The summed E-state index contributed by atoms with van der Waals surface area (Å²) in [5.74, 6) is -0.251. The fourth-order valence-corrected chi connectivity index (χ4v) is 3.69. The third kappa shape index (κ3) is 6.04. The lowest BCUT2D eigenvalue weighted by Gasteiger charge is -2.23. The van der Waals surface area contributed by atoms with Crippen LogP contribution in [-0.2, 0) is 16.4 Å². The van der Waals surface area contributed by atoms with Gasteiger partial charge in [0.05, 0.1) is 4.90 Å². The summed E-state index contributed by atoms with van der Waals surface area (Å²) in [5.41, 5.74) is 8.34. The van der Waals surface area contributed by atoms with E-state index in [1.807, 2.05) is 30.3 Å². The highest BCUT2D eigenvalue weighted by molar-refractivity contribution is 7.89. The number of nitrogens with zero attached hydrogens (tertiary/aromatic N) is 1. The quantitative estimate of drug-likeness (QED) is 0.726. The van der Waals surface area contributed by atoms with Crippen LogP contribution >= 0.6 is 12.4 Å². The summed E-state index contributed by atoms with van der Waals surface area (Å²) >= 11 is 0. The number of hydrogen-bond acceptors (Lipinski definition) is 4. The van der Waals surface area contributed by atoms with E-state index in [0.29, 0.717) is 42.7 Å². The van der Waals surface area contributed by atoms with Crippen molar-refractivity contribution in [1.82, 2.24) is 4.90 Å². The van der Waals surface area contributed by atoms with Crippen LogP contribution in [-0.4, -0.2) is 38.9 Å². The minimum atomic E-state index is -3.90. The van der Waals surface area contributed by atoms with Gasteiger partial charge in [0.1, 0.15) is 0 Å². The number of carbonyl (C=O) groups is 1. The van der Waals surface area contributed by atoms with Gasteiger partial charge in [-0.15, -0.1) is 12.4 Å². The highest BCUT2D eigenvalue weighted by Crippen LogP contribution is 2.21. The Kier molecular flexibility index (Phi) is 8.43. The zero-order chi connectivity index (χ0) is 19.3. The topological polar surface area (TPSA) is 106 Å². The molecule has 0 heterocycles. The first-order valence-corrected chi connectivity index (χ1v) is 9.96. The summed E-state index contributed by atoms with van der Waals surface area (Å²) in [5, 5.41) is 5.29. The highest BCUT2D eigenvalue weighted by Gasteiger charge is 2.20. The third-order valence-electron chi connectivity index (χ3n) is 4.37. The van der Waals surface area contributed by atoms with Crippen LogP contribution in [0.5, 0.6) is 0 Å². The van der Waals surface area contributed by atoms with Crippen molar-refractivity contribution < 1.29 is 13.2 Å². The average Bonchev–Trinajstić information content (AvgIpc) is 2.60. The van der Waals surface area contributed by atoms with Crippen molar-refractivity contribution in [3.8, 4) is 0 Å². The molecular weight excluding hydrogens is 386 g/mol. The van der Waals surface area contributed by atoms with Gasteiger partial charge >= 0.3 is 0 Å². The Morgan fingerprint density at radius 3 is 2.26 bits per heavy atom. The summed E-state index contributed by atoms with van der Waals surface area (Å²) in [4.78, 5) is 14.6. The van der Waals surface area contributed by atoms with E-state index in [9.17, 15) is 13.2 Å². The van der Waals surface area contributed by atoms with Gasteiger partial charge in [-0.05, 0) is 49.1 Å². The second-order valence-corrected chi connectivity index (χ2v) is 7.81. The number of aryl methyl sites for hydroxylation is 1. The van der Waals surface area contributed by atoms with Crippen LogP contribution in [0.4, 0.5) is 0 Å². The molecule has 0 aromatic heterocycles. The van der Waals surface area contributed by atoms with E-state index in [4.69, 9.17) is 10.9 Å². The van der Waals surface area contributed by atoms with E-state index in [2.05, 4.69) is 0 Å². The number of hydrogen-bond donors (Lipinski definition) is 2. The molecule has 0 spiro atoms. The van der Waals surface area contributed by atoms with Gasteiger partial charge in [0.15, 0.2) is 0 Å². The fourth-order valence-electron chi connectivity index (χ4n) is 2.81. The van der Waals surface area contributed by atoms with E-state index >= 15 is 0 Å². The molecule has 2 aromatic rings. The molecule has 0 saturated heterocycles. The molecule has 2 rings (SSSR count). The van der Waals surface area contributed by atoms with Gasteiger partial charge in [-0.2, -0.15) is 0 Å². The maximum absolute atomic E-state index is 12.9. The predicted molar refractivity (Wildman–Crippen MR) is 110 cm³/mol. The molecule has 0 aliphatic rings.